The number of hydrogen-bond donors (Lipinski definition) is 0. The van der Waals surface area contributed by atoms with Crippen LogP contribution in [0.4, 0.5) is 0 Å². The molecule has 0 aromatic heterocycles. The second kappa shape index (κ2) is 6.27. The van der Waals surface area contributed by atoms with Crippen LogP contribution in [-0.2, 0) is 0 Å². The van der Waals surface area contributed by atoms with Crippen molar-refractivity contribution in [3.8, 4) is 5.75 Å². The second-order valence-corrected chi connectivity index (χ2v) is 5.10. The van der Waals surface area contributed by atoms with Gasteiger partial charge in [0, 0.05) is 11.6 Å². The SMILES string of the molecule is Cc1ccc(Cl)cc1OCCN1CCCCC1. The van der Waals surface area contributed by atoms with Gasteiger partial charge in [0.1, 0.15) is 12.4 Å². The van der Waals surface area contributed by atoms with Crippen LogP contribution in [0.1, 0.15) is 24.8 Å². The van der Waals surface area contributed by atoms with Crippen LogP contribution in [-0.4, -0.2) is 31.1 Å². The summed E-state index contributed by atoms with van der Waals surface area (Å²) < 4.78 is 5.79. The predicted molar refractivity (Wildman–Crippen MR) is 72.0 cm³/mol. The van der Waals surface area contributed by atoms with Crippen molar-refractivity contribution in [1.82, 2.24) is 4.90 Å². The zero-order chi connectivity index (χ0) is 12.1. The van der Waals surface area contributed by atoms with E-state index in [4.69, 9.17) is 16.3 Å². The van der Waals surface area contributed by atoms with E-state index >= 15 is 0 Å². The molecule has 0 aliphatic carbocycles. The summed E-state index contributed by atoms with van der Waals surface area (Å²) in [6.07, 6.45) is 4.04. The minimum atomic E-state index is 0.739. The van der Waals surface area contributed by atoms with Crippen LogP contribution in [0.3, 0.4) is 0 Å². The Labute approximate surface area is 109 Å². The summed E-state index contributed by atoms with van der Waals surface area (Å²) in [6, 6.07) is 5.79. The second-order valence-electron chi connectivity index (χ2n) is 4.66. The average molecular weight is 254 g/mol. The summed E-state index contributed by atoms with van der Waals surface area (Å²) in [4.78, 5) is 2.48. The molecule has 0 unspecified atom stereocenters. The smallest absolute Gasteiger partial charge is 0.123 e. The van der Waals surface area contributed by atoms with E-state index in [2.05, 4.69) is 4.90 Å². The quantitative estimate of drug-likeness (QED) is 0.814. The van der Waals surface area contributed by atoms with Crippen LogP contribution in [0.2, 0.25) is 5.02 Å². The number of rotatable bonds is 4. The van der Waals surface area contributed by atoms with Crippen molar-refractivity contribution in [3.05, 3.63) is 28.8 Å². The van der Waals surface area contributed by atoms with Crippen molar-refractivity contribution < 1.29 is 4.74 Å². The molecular weight excluding hydrogens is 234 g/mol. The third kappa shape index (κ3) is 3.90. The van der Waals surface area contributed by atoms with Crippen molar-refractivity contribution >= 4 is 11.6 Å². The van der Waals surface area contributed by atoms with E-state index < -0.39 is 0 Å². The molecule has 0 saturated carbocycles. The first-order valence-electron chi connectivity index (χ1n) is 6.37. The highest BCUT2D eigenvalue weighted by Crippen LogP contribution is 2.22. The maximum Gasteiger partial charge on any atom is 0.123 e. The van der Waals surface area contributed by atoms with Gasteiger partial charge in [0.2, 0.25) is 0 Å². The number of nitrogens with zero attached hydrogens (tertiary/aromatic N) is 1. The van der Waals surface area contributed by atoms with Crippen LogP contribution in [0.5, 0.6) is 5.75 Å². The zero-order valence-electron chi connectivity index (χ0n) is 10.4. The Morgan fingerprint density at radius 2 is 2.00 bits per heavy atom. The number of likely N-dealkylation sites (tertiary alicyclic amines) is 1. The Kier molecular flexibility index (Phi) is 4.69. The molecule has 1 fully saturated rings. The molecule has 94 valence electrons. The van der Waals surface area contributed by atoms with E-state index in [1.54, 1.807) is 0 Å². The molecule has 1 saturated heterocycles. The lowest BCUT2D eigenvalue weighted by Crippen LogP contribution is -2.33. The molecule has 1 aliphatic heterocycles. The van der Waals surface area contributed by atoms with Gasteiger partial charge in [0.05, 0.1) is 0 Å². The number of aryl methyl sites for hydroxylation is 1. The van der Waals surface area contributed by atoms with Gasteiger partial charge in [-0.1, -0.05) is 24.1 Å². The molecule has 0 atom stereocenters. The number of hydrogen-bond acceptors (Lipinski definition) is 2. The van der Waals surface area contributed by atoms with E-state index in [0.29, 0.717) is 0 Å². The van der Waals surface area contributed by atoms with Gasteiger partial charge in [0.15, 0.2) is 0 Å². The largest absolute Gasteiger partial charge is 0.492 e. The number of halogens is 1. The van der Waals surface area contributed by atoms with Gasteiger partial charge in [-0.15, -0.1) is 0 Å². The average Bonchev–Trinajstić information content (AvgIpc) is 2.35. The first-order chi connectivity index (χ1) is 8.25. The molecule has 17 heavy (non-hydrogen) atoms. The van der Waals surface area contributed by atoms with Crippen molar-refractivity contribution in [2.24, 2.45) is 0 Å². The zero-order valence-corrected chi connectivity index (χ0v) is 11.2. The van der Waals surface area contributed by atoms with Crippen LogP contribution in [0.15, 0.2) is 18.2 Å². The van der Waals surface area contributed by atoms with Gasteiger partial charge in [-0.3, -0.25) is 4.90 Å². The summed E-state index contributed by atoms with van der Waals surface area (Å²) in [5.74, 6) is 0.912. The highest BCUT2D eigenvalue weighted by molar-refractivity contribution is 6.30. The highest BCUT2D eigenvalue weighted by atomic mass is 35.5. The van der Waals surface area contributed by atoms with E-state index in [0.717, 1.165) is 29.5 Å². The van der Waals surface area contributed by atoms with E-state index in [1.807, 2.05) is 25.1 Å². The van der Waals surface area contributed by atoms with Gasteiger partial charge in [-0.25, -0.2) is 0 Å². The van der Waals surface area contributed by atoms with Crippen LogP contribution in [0.25, 0.3) is 0 Å². The van der Waals surface area contributed by atoms with E-state index in [-0.39, 0.29) is 0 Å². The topological polar surface area (TPSA) is 12.5 Å². The predicted octanol–water partition coefficient (Wildman–Crippen LogP) is 3.51. The van der Waals surface area contributed by atoms with Gasteiger partial charge in [-0.05, 0) is 50.6 Å². The molecular formula is C14H20ClNO. The van der Waals surface area contributed by atoms with Crippen molar-refractivity contribution in [3.63, 3.8) is 0 Å². The van der Waals surface area contributed by atoms with Crippen LogP contribution < -0.4 is 4.74 Å². The fraction of sp³-hybridized carbons (Fsp3) is 0.571. The molecule has 0 N–H and O–H groups in total. The maximum atomic E-state index is 5.95. The first kappa shape index (κ1) is 12.7. The third-order valence-corrected chi connectivity index (χ3v) is 3.50. The fourth-order valence-electron chi connectivity index (χ4n) is 2.20. The molecule has 0 spiro atoms. The third-order valence-electron chi connectivity index (χ3n) is 3.26. The fourth-order valence-corrected chi connectivity index (χ4v) is 2.36. The Balaban J connectivity index is 1.79. The molecule has 3 heteroatoms. The first-order valence-corrected chi connectivity index (χ1v) is 6.75. The van der Waals surface area contributed by atoms with E-state index in [9.17, 15) is 0 Å². The monoisotopic (exact) mass is 253 g/mol. The number of ether oxygens (including phenoxy) is 1. The molecule has 1 aliphatic rings. The van der Waals surface area contributed by atoms with Gasteiger partial charge in [-0.2, -0.15) is 0 Å². The summed E-state index contributed by atoms with van der Waals surface area (Å²) >= 11 is 5.95. The number of benzene rings is 1. The van der Waals surface area contributed by atoms with Gasteiger partial charge >= 0.3 is 0 Å². The molecule has 1 heterocycles. The van der Waals surface area contributed by atoms with Crippen molar-refractivity contribution in [1.29, 1.82) is 0 Å². The normalized spacial score (nSPS) is 17.1. The minimum absolute atomic E-state index is 0.739. The van der Waals surface area contributed by atoms with E-state index in [1.165, 1.54) is 32.4 Å². The van der Waals surface area contributed by atoms with Crippen LogP contribution >= 0.6 is 11.6 Å². The Bertz CT molecular complexity index is 361. The van der Waals surface area contributed by atoms with Crippen molar-refractivity contribution in [2.45, 2.75) is 26.2 Å². The van der Waals surface area contributed by atoms with Gasteiger partial charge in [0.25, 0.3) is 0 Å². The molecule has 0 amide bonds. The summed E-state index contributed by atoms with van der Waals surface area (Å²) in [6.45, 7) is 6.26. The van der Waals surface area contributed by atoms with Crippen molar-refractivity contribution in [2.75, 3.05) is 26.2 Å². The minimum Gasteiger partial charge on any atom is -0.492 e. The lowest BCUT2D eigenvalue weighted by atomic mass is 10.1. The molecule has 1 aromatic carbocycles. The summed E-state index contributed by atoms with van der Waals surface area (Å²) in [5, 5.41) is 0.739. The van der Waals surface area contributed by atoms with Gasteiger partial charge < -0.3 is 4.74 Å². The molecule has 1 aromatic rings. The molecule has 0 bridgehead atoms. The molecule has 0 radical (unpaired) electrons. The molecule has 2 nitrogen and oxygen atoms in total. The number of piperidine rings is 1. The lowest BCUT2D eigenvalue weighted by Gasteiger charge is -2.26. The maximum absolute atomic E-state index is 5.95. The Hall–Kier alpha value is -0.730. The Morgan fingerprint density at radius 3 is 2.76 bits per heavy atom. The summed E-state index contributed by atoms with van der Waals surface area (Å²) in [7, 11) is 0. The lowest BCUT2D eigenvalue weighted by molar-refractivity contribution is 0.183. The summed E-state index contributed by atoms with van der Waals surface area (Å²) in [5.41, 5.74) is 1.15. The highest BCUT2D eigenvalue weighted by Gasteiger charge is 2.09. The van der Waals surface area contributed by atoms with Crippen LogP contribution in [0, 0.1) is 6.92 Å². The Morgan fingerprint density at radius 1 is 1.24 bits per heavy atom. The standard InChI is InChI=1S/C14H20ClNO/c1-12-5-6-13(15)11-14(12)17-10-9-16-7-3-2-4-8-16/h5-6,11H,2-4,7-10H2,1H3. The molecule has 2 rings (SSSR count).